The first-order valence-corrected chi connectivity index (χ1v) is 15.3. The second kappa shape index (κ2) is 12.9. The van der Waals surface area contributed by atoms with Gasteiger partial charge in [-0.05, 0) is 119 Å². The van der Waals surface area contributed by atoms with Gasteiger partial charge in [0.15, 0.2) is 5.17 Å². The molecule has 0 aliphatic carbocycles. The lowest BCUT2D eigenvalue weighted by atomic mass is 10.1. The molecule has 1 amide bonds. The monoisotopic (exact) mass is 658 g/mol. The maximum Gasteiger partial charge on any atom is 0.271 e. The normalized spacial score (nSPS) is 15.3. The van der Waals surface area contributed by atoms with Crippen LogP contribution in [0.2, 0.25) is 0 Å². The van der Waals surface area contributed by atoms with E-state index in [9.17, 15) is 4.79 Å². The van der Waals surface area contributed by atoms with Crippen LogP contribution in [0.3, 0.4) is 0 Å². The first-order valence-electron chi connectivity index (χ1n) is 13.4. The molecule has 40 heavy (non-hydrogen) atoms. The van der Waals surface area contributed by atoms with Gasteiger partial charge in [-0.15, -0.1) is 0 Å². The number of benzene rings is 4. The van der Waals surface area contributed by atoms with Crippen LogP contribution in [0.4, 0.5) is 11.4 Å². The van der Waals surface area contributed by atoms with Gasteiger partial charge in [0.25, 0.3) is 5.91 Å². The van der Waals surface area contributed by atoms with E-state index in [1.807, 2.05) is 48.5 Å². The van der Waals surface area contributed by atoms with Crippen molar-refractivity contribution in [3.63, 3.8) is 0 Å². The number of aliphatic imine (C=N–C) groups is 1. The molecule has 4 nitrogen and oxygen atoms in total. The SMILES string of the molecule is CCc1ccc(N=C2S/C(=C\c3ccc(OCc4ccc(C)cc4)c(I)c3)C(=O)N2c2ccc(CC)cc2)cc1. The molecule has 0 bridgehead atoms. The van der Waals surface area contributed by atoms with Crippen molar-refractivity contribution in [2.24, 2.45) is 4.99 Å². The van der Waals surface area contributed by atoms with E-state index < -0.39 is 0 Å². The van der Waals surface area contributed by atoms with Crippen molar-refractivity contribution in [1.82, 2.24) is 0 Å². The molecule has 0 radical (unpaired) electrons. The van der Waals surface area contributed by atoms with Crippen LogP contribution < -0.4 is 9.64 Å². The lowest BCUT2D eigenvalue weighted by Gasteiger charge is -2.16. The predicted molar refractivity (Wildman–Crippen MR) is 176 cm³/mol. The molecule has 6 heteroatoms. The minimum Gasteiger partial charge on any atom is -0.488 e. The van der Waals surface area contributed by atoms with Crippen molar-refractivity contribution in [3.05, 3.63) is 127 Å². The highest BCUT2D eigenvalue weighted by Gasteiger charge is 2.34. The molecule has 0 aromatic heterocycles. The summed E-state index contributed by atoms with van der Waals surface area (Å²) in [6.45, 7) is 6.85. The first-order chi connectivity index (χ1) is 19.4. The van der Waals surface area contributed by atoms with Gasteiger partial charge in [-0.25, -0.2) is 4.99 Å². The van der Waals surface area contributed by atoms with Crippen LogP contribution in [0, 0.1) is 10.5 Å². The smallest absolute Gasteiger partial charge is 0.271 e. The van der Waals surface area contributed by atoms with Gasteiger partial charge in [-0.3, -0.25) is 9.69 Å². The lowest BCUT2D eigenvalue weighted by Crippen LogP contribution is -2.28. The summed E-state index contributed by atoms with van der Waals surface area (Å²) in [6, 6.07) is 30.7. The van der Waals surface area contributed by atoms with E-state index in [2.05, 4.69) is 91.9 Å². The topological polar surface area (TPSA) is 41.9 Å². The van der Waals surface area contributed by atoms with Crippen molar-refractivity contribution in [2.75, 3.05) is 4.90 Å². The Morgan fingerprint density at radius 2 is 1.48 bits per heavy atom. The third-order valence-corrected chi connectivity index (χ3v) is 8.56. The van der Waals surface area contributed by atoms with Crippen LogP contribution in [0.25, 0.3) is 6.08 Å². The first kappa shape index (κ1) is 28.2. The molecular weight excluding hydrogens is 627 g/mol. The number of rotatable bonds is 8. The second-order valence-electron chi connectivity index (χ2n) is 9.65. The maximum absolute atomic E-state index is 13.7. The number of carbonyl (C=O) groups is 1. The molecule has 0 atom stereocenters. The molecule has 5 rings (SSSR count). The predicted octanol–water partition coefficient (Wildman–Crippen LogP) is 9.11. The zero-order valence-corrected chi connectivity index (χ0v) is 25.8. The molecule has 0 unspecified atom stereocenters. The largest absolute Gasteiger partial charge is 0.488 e. The highest BCUT2D eigenvalue weighted by molar-refractivity contribution is 14.1. The summed E-state index contributed by atoms with van der Waals surface area (Å²) in [6.07, 6.45) is 3.86. The Morgan fingerprint density at radius 3 is 2.10 bits per heavy atom. The van der Waals surface area contributed by atoms with E-state index in [1.165, 1.54) is 28.5 Å². The number of anilines is 1. The molecule has 0 N–H and O–H groups in total. The molecule has 1 saturated heterocycles. The number of hydrogen-bond acceptors (Lipinski definition) is 4. The van der Waals surface area contributed by atoms with E-state index in [0.717, 1.165) is 44.7 Å². The Bertz CT molecular complexity index is 1560. The lowest BCUT2D eigenvalue weighted by molar-refractivity contribution is -0.113. The van der Waals surface area contributed by atoms with Crippen molar-refractivity contribution < 1.29 is 9.53 Å². The molecule has 202 valence electrons. The van der Waals surface area contributed by atoms with Crippen LogP contribution in [0.1, 0.15) is 41.7 Å². The van der Waals surface area contributed by atoms with Crippen molar-refractivity contribution in [3.8, 4) is 5.75 Å². The Balaban J connectivity index is 1.41. The Kier molecular flexibility index (Phi) is 9.07. The van der Waals surface area contributed by atoms with Crippen LogP contribution >= 0.6 is 34.4 Å². The fourth-order valence-electron chi connectivity index (χ4n) is 4.29. The van der Waals surface area contributed by atoms with Crippen LogP contribution in [0.15, 0.2) is 101 Å². The van der Waals surface area contributed by atoms with E-state index in [0.29, 0.717) is 16.7 Å². The van der Waals surface area contributed by atoms with Crippen molar-refractivity contribution >= 4 is 62.9 Å². The summed E-state index contributed by atoms with van der Waals surface area (Å²) in [5.74, 6) is 0.747. The summed E-state index contributed by atoms with van der Waals surface area (Å²) in [5, 5.41) is 0.650. The number of carbonyl (C=O) groups excluding carboxylic acids is 1. The summed E-state index contributed by atoms with van der Waals surface area (Å²) in [7, 11) is 0. The van der Waals surface area contributed by atoms with Gasteiger partial charge in [0.1, 0.15) is 12.4 Å². The summed E-state index contributed by atoms with van der Waals surface area (Å²) in [5.41, 5.74) is 7.43. The van der Waals surface area contributed by atoms with Gasteiger partial charge in [-0.1, -0.05) is 74.0 Å². The zero-order chi connectivity index (χ0) is 28.1. The highest BCUT2D eigenvalue weighted by atomic mass is 127. The number of amides is 1. The molecule has 1 aliphatic rings. The Labute approximate surface area is 254 Å². The van der Waals surface area contributed by atoms with Gasteiger partial charge in [-0.2, -0.15) is 0 Å². The number of amidine groups is 1. The van der Waals surface area contributed by atoms with Gasteiger partial charge in [0, 0.05) is 0 Å². The number of thioether (sulfide) groups is 1. The number of halogens is 1. The molecule has 1 fully saturated rings. The van der Waals surface area contributed by atoms with Crippen LogP contribution in [-0.4, -0.2) is 11.1 Å². The summed E-state index contributed by atoms with van der Waals surface area (Å²) < 4.78 is 7.07. The maximum atomic E-state index is 13.7. The average molecular weight is 659 g/mol. The molecule has 1 aliphatic heterocycles. The Morgan fingerprint density at radius 1 is 0.850 bits per heavy atom. The number of aryl methyl sites for hydroxylation is 3. The second-order valence-corrected chi connectivity index (χ2v) is 11.8. The number of ether oxygens (including phenoxy) is 1. The fraction of sp³-hybridized carbons (Fsp3) is 0.176. The Hall–Kier alpha value is -3.36. The molecule has 1 heterocycles. The standard InChI is InChI=1S/C34H31IN2O2S/c1-4-24-10-15-28(16-11-24)36-34-37(29-17-12-25(5-2)13-18-29)33(38)32(40-34)21-27-14-19-31(30(35)20-27)39-22-26-8-6-23(3)7-9-26/h6-21H,4-5,22H2,1-3H3/b32-21-,36-34?. The molecule has 0 spiro atoms. The van der Waals surface area contributed by atoms with Gasteiger partial charge < -0.3 is 4.74 Å². The molecule has 4 aromatic carbocycles. The zero-order valence-electron chi connectivity index (χ0n) is 22.9. The summed E-state index contributed by atoms with van der Waals surface area (Å²) >= 11 is 3.69. The van der Waals surface area contributed by atoms with E-state index in [-0.39, 0.29) is 5.91 Å². The van der Waals surface area contributed by atoms with Crippen molar-refractivity contribution in [2.45, 2.75) is 40.2 Å². The van der Waals surface area contributed by atoms with Gasteiger partial charge in [0.05, 0.1) is 19.9 Å². The van der Waals surface area contributed by atoms with E-state index >= 15 is 0 Å². The third-order valence-electron chi connectivity index (χ3n) is 6.75. The van der Waals surface area contributed by atoms with E-state index in [4.69, 9.17) is 9.73 Å². The average Bonchev–Trinajstić information content (AvgIpc) is 3.27. The quantitative estimate of drug-likeness (QED) is 0.140. The highest BCUT2D eigenvalue weighted by Crippen LogP contribution is 2.38. The van der Waals surface area contributed by atoms with E-state index in [1.54, 1.807) is 4.90 Å². The van der Waals surface area contributed by atoms with Gasteiger partial charge >= 0.3 is 0 Å². The number of nitrogens with zero attached hydrogens (tertiary/aromatic N) is 2. The minimum absolute atomic E-state index is 0.0760. The van der Waals surface area contributed by atoms with Gasteiger partial charge in [0.2, 0.25) is 0 Å². The molecule has 0 saturated carbocycles. The molecule has 4 aromatic rings. The number of hydrogen-bond donors (Lipinski definition) is 0. The van der Waals surface area contributed by atoms with Crippen molar-refractivity contribution in [1.29, 1.82) is 0 Å². The molecular formula is C34H31IN2O2S. The fourth-order valence-corrected chi connectivity index (χ4v) is 5.99. The van der Waals surface area contributed by atoms with Crippen LogP contribution in [0.5, 0.6) is 5.75 Å². The summed E-state index contributed by atoms with van der Waals surface area (Å²) in [4.78, 5) is 21.0. The van der Waals surface area contributed by atoms with Crippen LogP contribution in [-0.2, 0) is 24.2 Å². The third kappa shape index (κ3) is 6.67. The minimum atomic E-state index is -0.0760.